The molecule has 0 spiro atoms. The molecule has 1 unspecified atom stereocenters. The quantitative estimate of drug-likeness (QED) is 0.462. The SMILES string of the molecule is C[C@H](c1ccccc1)n1c(=O)c2c(nc(N3CCCC(N)C3)n2Cc2ccccc2Cl)n(C)c1=O. The van der Waals surface area contributed by atoms with Crippen LogP contribution in [0.5, 0.6) is 0 Å². The summed E-state index contributed by atoms with van der Waals surface area (Å²) in [5, 5.41) is 0.610. The molecule has 3 heterocycles. The fourth-order valence-corrected chi connectivity index (χ4v) is 5.12. The number of benzene rings is 2. The van der Waals surface area contributed by atoms with Crippen LogP contribution in [0.4, 0.5) is 5.95 Å². The van der Waals surface area contributed by atoms with Crippen LogP contribution in [0.2, 0.25) is 5.02 Å². The molecule has 5 rings (SSSR count). The van der Waals surface area contributed by atoms with E-state index in [1.807, 2.05) is 66.1 Å². The fraction of sp³-hybridized carbons (Fsp3) is 0.346. The molecule has 0 bridgehead atoms. The first-order valence-corrected chi connectivity index (χ1v) is 12.2. The van der Waals surface area contributed by atoms with Gasteiger partial charge < -0.3 is 10.6 Å². The van der Waals surface area contributed by atoms with Gasteiger partial charge in [0.15, 0.2) is 11.2 Å². The molecule has 1 aliphatic heterocycles. The summed E-state index contributed by atoms with van der Waals surface area (Å²) in [6, 6.07) is 16.7. The van der Waals surface area contributed by atoms with Gasteiger partial charge in [-0.2, -0.15) is 4.98 Å². The highest BCUT2D eigenvalue weighted by molar-refractivity contribution is 6.31. The van der Waals surface area contributed by atoms with Gasteiger partial charge >= 0.3 is 5.69 Å². The Balaban J connectivity index is 1.77. The first-order chi connectivity index (χ1) is 16.9. The van der Waals surface area contributed by atoms with Crippen LogP contribution in [0.1, 0.15) is 36.9 Å². The number of hydrogen-bond donors (Lipinski definition) is 1. The van der Waals surface area contributed by atoms with Gasteiger partial charge in [0.05, 0.1) is 12.6 Å². The van der Waals surface area contributed by atoms with E-state index < -0.39 is 11.7 Å². The van der Waals surface area contributed by atoms with Crippen molar-refractivity contribution in [3.05, 3.63) is 91.6 Å². The van der Waals surface area contributed by atoms with Gasteiger partial charge in [-0.3, -0.25) is 18.5 Å². The Morgan fingerprint density at radius 3 is 2.54 bits per heavy atom. The lowest BCUT2D eigenvalue weighted by Crippen LogP contribution is -2.44. The summed E-state index contributed by atoms with van der Waals surface area (Å²) in [5.41, 5.74) is 7.99. The molecule has 2 atom stereocenters. The molecular formula is C26H29ClN6O2. The minimum absolute atomic E-state index is 0.0240. The van der Waals surface area contributed by atoms with Crippen molar-refractivity contribution in [3.63, 3.8) is 0 Å². The number of halogens is 1. The van der Waals surface area contributed by atoms with Crippen molar-refractivity contribution in [2.24, 2.45) is 12.8 Å². The lowest BCUT2D eigenvalue weighted by Gasteiger charge is -2.32. The standard InChI is InChI=1S/C26H29ClN6O2/c1-17(18-9-4-3-5-10-18)33-24(34)22-23(30(2)26(33)35)29-25(31-14-8-12-20(28)16-31)32(22)15-19-11-6-7-13-21(19)27/h3-7,9-11,13,17,20H,8,12,14-16,28H2,1-2H3/t17-,20?/m1/s1. The molecule has 0 radical (unpaired) electrons. The van der Waals surface area contributed by atoms with E-state index >= 15 is 0 Å². The summed E-state index contributed by atoms with van der Waals surface area (Å²) < 4.78 is 4.67. The highest BCUT2D eigenvalue weighted by Gasteiger charge is 2.28. The third-order valence-corrected chi connectivity index (χ3v) is 7.23. The molecule has 8 nitrogen and oxygen atoms in total. The summed E-state index contributed by atoms with van der Waals surface area (Å²) >= 11 is 6.51. The van der Waals surface area contributed by atoms with Gasteiger partial charge in [0.2, 0.25) is 5.95 Å². The lowest BCUT2D eigenvalue weighted by atomic mass is 10.1. The molecule has 4 aromatic rings. The van der Waals surface area contributed by atoms with Gasteiger partial charge in [-0.15, -0.1) is 0 Å². The van der Waals surface area contributed by atoms with Crippen LogP contribution in [0.25, 0.3) is 11.2 Å². The second-order valence-electron chi connectivity index (χ2n) is 9.21. The van der Waals surface area contributed by atoms with Gasteiger partial charge in [0.25, 0.3) is 5.56 Å². The summed E-state index contributed by atoms with van der Waals surface area (Å²) in [6.45, 7) is 3.63. The van der Waals surface area contributed by atoms with Crippen LogP contribution in [-0.4, -0.2) is 37.8 Å². The Bertz CT molecular complexity index is 1490. The van der Waals surface area contributed by atoms with Crippen molar-refractivity contribution in [2.45, 2.75) is 38.4 Å². The molecule has 1 aliphatic rings. The maximum absolute atomic E-state index is 14.0. The monoisotopic (exact) mass is 492 g/mol. The van der Waals surface area contributed by atoms with Crippen LogP contribution in [0.3, 0.4) is 0 Å². The highest BCUT2D eigenvalue weighted by atomic mass is 35.5. The van der Waals surface area contributed by atoms with E-state index in [4.69, 9.17) is 22.3 Å². The largest absolute Gasteiger partial charge is 0.341 e. The smallest absolute Gasteiger partial charge is 0.333 e. The van der Waals surface area contributed by atoms with Crippen LogP contribution >= 0.6 is 11.6 Å². The Morgan fingerprint density at radius 2 is 1.83 bits per heavy atom. The molecule has 0 amide bonds. The normalized spacial score (nSPS) is 17.1. The van der Waals surface area contributed by atoms with Gasteiger partial charge in [-0.25, -0.2) is 4.79 Å². The van der Waals surface area contributed by atoms with Crippen molar-refractivity contribution in [2.75, 3.05) is 18.0 Å². The average Bonchev–Trinajstić information content (AvgIpc) is 3.24. The number of fused-ring (bicyclic) bond motifs is 1. The van der Waals surface area contributed by atoms with Crippen molar-refractivity contribution in [1.29, 1.82) is 0 Å². The summed E-state index contributed by atoms with van der Waals surface area (Å²) in [5.74, 6) is 0.632. The predicted molar refractivity (Wildman–Crippen MR) is 139 cm³/mol. The van der Waals surface area contributed by atoms with E-state index in [1.54, 1.807) is 7.05 Å². The molecule has 182 valence electrons. The molecule has 0 aliphatic carbocycles. The number of hydrogen-bond acceptors (Lipinski definition) is 5. The van der Waals surface area contributed by atoms with Crippen molar-refractivity contribution >= 4 is 28.7 Å². The first-order valence-electron chi connectivity index (χ1n) is 11.9. The number of imidazole rings is 1. The van der Waals surface area contributed by atoms with Crippen molar-refractivity contribution in [3.8, 4) is 0 Å². The number of nitrogens with zero attached hydrogens (tertiary/aromatic N) is 5. The van der Waals surface area contributed by atoms with E-state index in [9.17, 15) is 9.59 Å². The average molecular weight is 493 g/mol. The fourth-order valence-electron chi connectivity index (χ4n) is 4.93. The molecular weight excluding hydrogens is 464 g/mol. The maximum atomic E-state index is 14.0. The molecule has 1 fully saturated rings. The van der Waals surface area contributed by atoms with E-state index in [-0.39, 0.29) is 11.6 Å². The summed E-state index contributed by atoms with van der Waals surface area (Å²) in [6.07, 6.45) is 1.88. The predicted octanol–water partition coefficient (Wildman–Crippen LogP) is 3.14. The van der Waals surface area contributed by atoms with Crippen LogP contribution in [0, 0.1) is 0 Å². The zero-order valence-electron chi connectivity index (χ0n) is 19.9. The Morgan fingerprint density at radius 1 is 1.11 bits per heavy atom. The third-order valence-electron chi connectivity index (χ3n) is 6.86. The lowest BCUT2D eigenvalue weighted by molar-refractivity contribution is 0.495. The minimum Gasteiger partial charge on any atom is -0.341 e. The second kappa shape index (κ2) is 9.36. The molecule has 2 aromatic heterocycles. The summed E-state index contributed by atoms with van der Waals surface area (Å²) in [7, 11) is 1.66. The molecule has 1 saturated heterocycles. The topological polar surface area (TPSA) is 91.1 Å². The van der Waals surface area contributed by atoms with E-state index in [2.05, 4.69) is 4.90 Å². The zero-order chi connectivity index (χ0) is 24.7. The Labute approximate surface area is 208 Å². The number of piperidine rings is 1. The van der Waals surface area contributed by atoms with Crippen molar-refractivity contribution in [1.82, 2.24) is 18.7 Å². The Hall–Kier alpha value is -3.36. The van der Waals surface area contributed by atoms with Crippen LogP contribution < -0.4 is 21.9 Å². The summed E-state index contributed by atoms with van der Waals surface area (Å²) in [4.78, 5) is 34.3. The van der Waals surface area contributed by atoms with E-state index in [1.165, 1.54) is 9.13 Å². The number of aryl methyl sites for hydroxylation is 1. The molecule has 2 N–H and O–H groups in total. The molecule has 35 heavy (non-hydrogen) atoms. The highest BCUT2D eigenvalue weighted by Crippen LogP contribution is 2.26. The Kier molecular flexibility index (Phi) is 6.25. The first kappa shape index (κ1) is 23.4. The van der Waals surface area contributed by atoms with E-state index in [0.29, 0.717) is 35.2 Å². The van der Waals surface area contributed by atoms with Gasteiger partial charge in [-0.05, 0) is 37.0 Å². The van der Waals surface area contributed by atoms with E-state index in [0.717, 1.165) is 30.5 Å². The third kappa shape index (κ3) is 4.17. The molecule has 2 aromatic carbocycles. The molecule has 0 saturated carbocycles. The van der Waals surface area contributed by atoms with Crippen LogP contribution in [0.15, 0.2) is 64.2 Å². The van der Waals surface area contributed by atoms with Gasteiger partial charge in [0.1, 0.15) is 0 Å². The molecule has 9 heteroatoms. The van der Waals surface area contributed by atoms with Gasteiger partial charge in [0, 0.05) is 31.2 Å². The minimum atomic E-state index is -0.442. The number of aromatic nitrogens is 4. The number of rotatable bonds is 5. The number of anilines is 1. The van der Waals surface area contributed by atoms with Crippen molar-refractivity contribution < 1.29 is 0 Å². The zero-order valence-corrected chi connectivity index (χ0v) is 20.7. The maximum Gasteiger partial charge on any atom is 0.333 e. The van der Waals surface area contributed by atoms with Crippen LogP contribution in [-0.2, 0) is 13.6 Å². The van der Waals surface area contributed by atoms with Gasteiger partial charge in [-0.1, -0.05) is 60.1 Å². The second-order valence-corrected chi connectivity index (χ2v) is 9.62. The number of nitrogens with two attached hydrogens (primary N) is 1.